The minimum Gasteiger partial charge on any atom is -0.366 e. The summed E-state index contributed by atoms with van der Waals surface area (Å²) < 4.78 is 0. The van der Waals surface area contributed by atoms with Crippen LogP contribution in [0.4, 0.5) is 5.69 Å². The maximum Gasteiger partial charge on any atom is 0.264 e. The quantitative estimate of drug-likeness (QED) is 0.756. The molecule has 2 aromatic rings. The Labute approximate surface area is 130 Å². The molecule has 1 aromatic heterocycles. The summed E-state index contributed by atoms with van der Waals surface area (Å²) in [5.41, 5.74) is 6.89. The summed E-state index contributed by atoms with van der Waals surface area (Å²) >= 11 is 1.21. The molecule has 110 valence electrons. The van der Waals surface area contributed by atoms with E-state index in [9.17, 15) is 9.59 Å². The average molecular weight is 312 g/mol. The number of thioether (sulfide) groups is 1. The molecule has 1 fully saturated rings. The lowest BCUT2D eigenvalue weighted by Gasteiger charge is -2.01. The van der Waals surface area contributed by atoms with E-state index in [4.69, 9.17) is 5.73 Å². The molecule has 0 radical (unpaired) electrons. The summed E-state index contributed by atoms with van der Waals surface area (Å²) in [6.07, 6.45) is 3.52. The number of aromatic nitrogens is 1. The van der Waals surface area contributed by atoms with Crippen molar-refractivity contribution >= 4 is 40.5 Å². The second kappa shape index (κ2) is 5.90. The number of para-hydroxylation sites is 1. The van der Waals surface area contributed by atoms with E-state index in [1.807, 2.05) is 12.1 Å². The lowest BCUT2D eigenvalue weighted by atomic mass is 10.2. The highest BCUT2D eigenvalue weighted by molar-refractivity contribution is 8.18. The SMILES string of the molecule is NC(=O)c1ccccc1N=C1NC(=O)/C(=C\c2ccc[nH]2)S1. The zero-order chi connectivity index (χ0) is 15.5. The molecule has 0 bridgehead atoms. The summed E-state index contributed by atoms with van der Waals surface area (Å²) in [6.45, 7) is 0. The van der Waals surface area contributed by atoms with E-state index in [0.29, 0.717) is 21.3 Å². The van der Waals surface area contributed by atoms with Crippen LogP contribution in [-0.2, 0) is 4.79 Å². The molecule has 0 saturated carbocycles. The van der Waals surface area contributed by atoms with E-state index in [-0.39, 0.29) is 5.91 Å². The summed E-state index contributed by atoms with van der Waals surface area (Å²) in [7, 11) is 0. The average Bonchev–Trinajstić information content (AvgIpc) is 3.10. The van der Waals surface area contributed by atoms with Gasteiger partial charge in [0.1, 0.15) is 0 Å². The number of aromatic amines is 1. The molecule has 0 atom stereocenters. The van der Waals surface area contributed by atoms with Crippen LogP contribution in [0.1, 0.15) is 16.1 Å². The molecule has 7 heteroatoms. The number of rotatable bonds is 3. The first kappa shape index (κ1) is 14.2. The summed E-state index contributed by atoms with van der Waals surface area (Å²) in [5.74, 6) is -0.786. The van der Waals surface area contributed by atoms with E-state index in [1.54, 1.807) is 36.5 Å². The van der Waals surface area contributed by atoms with Crippen molar-refractivity contribution < 1.29 is 9.59 Å². The number of hydrogen-bond acceptors (Lipinski definition) is 4. The van der Waals surface area contributed by atoms with Gasteiger partial charge in [-0.1, -0.05) is 12.1 Å². The largest absolute Gasteiger partial charge is 0.366 e. The maximum absolute atomic E-state index is 11.9. The number of nitrogens with zero attached hydrogens (tertiary/aromatic N) is 1. The fourth-order valence-electron chi connectivity index (χ4n) is 1.94. The maximum atomic E-state index is 11.9. The summed E-state index contributed by atoms with van der Waals surface area (Å²) in [5, 5.41) is 3.08. The minimum atomic E-state index is -0.559. The Morgan fingerprint density at radius 2 is 2.05 bits per heavy atom. The number of hydrogen-bond donors (Lipinski definition) is 3. The predicted molar refractivity (Wildman–Crippen MR) is 86.6 cm³/mol. The van der Waals surface area contributed by atoms with Gasteiger partial charge in [0.2, 0.25) is 0 Å². The van der Waals surface area contributed by atoms with Crippen molar-refractivity contribution in [3.63, 3.8) is 0 Å². The van der Waals surface area contributed by atoms with Crippen LogP contribution >= 0.6 is 11.8 Å². The van der Waals surface area contributed by atoms with Gasteiger partial charge in [-0.3, -0.25) is 9.59 Å². The minimum absolute atomic E-state index is 0.227. The van der Waals surface area contributed by atoms with Gasteiger partial charge in [-0.15, -0.1) is 0 Å². The number of amidine groups is 1. The van der Waals surface area contributed by atoms with Crippen LogP contribution in [-0.4, -0.2) is 22.0 Å². The molecule has 4 N–H and O–H groups in total. The van der Waals surface area contributed by atoms with E-state index in [0.717, 1.165) is 5.69 Å². The van der Waals surface area contributed by atoms with E-state index < -0.39 is 5.91 Å². The van der Waals surface area contributed by atoms with E-state index in [1.165, 1.54) is 11.8 Å². The molecule has 2 amide bonds. The number of carbonyl (C=O) groups is 2. The predicted octanol–water partition coefficient (Wildman–Crippen LogP) is 2.01. The third-order valence-corrected chi connectivity index (χ3v) is 3.86. The molecule has 2 heterocycles. The number of amides is 2. The third kappa shape index (κ3) is 2.94. The molecule has 1 aliphatic heterocycles. The molecule has 0 aliphatic carbocycles. The molecule has 0 unspecified atom stereocenters. The van der Waals surface area contributed by atoms with Gasteiger partial charge >= 0.3 is 0 Å². The lowest BCUT2D eigenvalue weighted by molar-refractivity contribution is -0.115. The standard InChI is InChI=1S/C15H12N4O2S/c16-13(20)10-5-1-2-6-11(10)18-15-19-14(21)12(22-15)8-9-4-3-7-17-9/h1-8,17H,(H2,16,20)(H,18,19,21)/b12-8+. The Morgan fingerprint density at radius 1 is 1.23 bits per heavy atom. The van der Waals surface area contributed by atoms with Crippen LogP contribution in [0.25, 0.3) is 6.08 Å². The second-order valence-electron chi connectivity index (χ2n) is 4.49. The van der Waals surface area contributed by atoms with Gasteiger partial charge in [-0.25, -0.2) is 4.99 Å². The highest BCUT2D eigenvalue weighted by atomic mass is 32.2. The van der Waals surface area contributed by atoms with Gasteiger partial charge in [0.15, 0.2) is 5.17 Å². The lowest BCUT2D eigenvalue weighted by Crippen LogP contribution is -2.19. The molecule has 1 aromatic carbocycles. The first-order valence-electron chi connectivity index (χ1n) is 6.45. The molecule has 0 spiro atoms. The van der Waals surface area contributed by atoms with E-state index >= 15 is 0 Å². The number of aliphatic imine (C=N–C) groups is 1. The second-order valence-corrected chi connectivity index (χ2v) is 5.52. The highest BCUT2D eigenvalue weighted by Crippen LogP contribution is 2.28. The van der Waals surface area contributed by atoms with Gasteiger partial charge < -0.3 is 16.0 Å². The van der Waals surface area contributed by atoms with Crippen LogP contribution < -0.4 is 11.1 Å². The number of H-pyrrole nitrogens is 1. The van der Waals surface area contributed by atoms with Crippen molar-refractivity contribution in [2.24, 2.45) is 10.7 Å². The summed E-state index contributed by atoms with van der Waals surface area (Å²) in [4.78, 5) is 31.1. The Morgan fingerprint density at radius 3 is 2.77 bits per heavy atom. The van der Waals surface area contributed by atoms with Gasteiger partial charge in [-0.2, -0.15) is 0 Å². The van der Waals surface area contributed by atoms with Gasteiger partial charge in [0.05, 0.1) is 16.2 Å². The monoisotopic (exact) mass is 312 g/mol. The molecule has 1 aliphatic rings. The Hall–Kier alpha value is -2.80. The van der Waals surface area contributed by atoms with Gasteiger partial charge in [0, 0.05) is 11.9 Å². The van der Waals surface area contributed by atoms with Crippen molar-refractivity contribution in [2.75, 3.05) is 0 Å². The van der Waals surface area contributed by atoms with Gasteiger partial charge in [-0.05, 0) is 42.1 Å². The molecule has 3 rings (SSSR count). The van der Waals surface area contributed by atoms with Crippen LogP contribution in [0.3, 0.4) is 0 Å². The molecule has 6 nitrogen and oxygen atoms in total. The normalized spacial score (nSPS) is 17.9. The van der Waals surface area contributed by atoms with Gasteiger partial charge in [0.25, 0.3) is 11.8 Å². The van der Waals surface area contributed by atoms with Crippen molar-refractivity contribution in [3.05, 3.63) is 58.8 Å². The van der Waals surface area contributed by atoms with Crippen molar-refractivity contribution in [2.45, 2.75) is 0 Å². The fraction of sp³-hybridized carbons (Fsp3) is 0. The first-order chi connectivity index (χ1) is 10.6. The number of carbonyl (C=O) groups excluding carboxylic acids is 2. The van der Waals surface area contributed by atoms with Crippen LogP contribution in [0, 0.1) is 0 Å². The van der Waals surface area contributed by atoms with E-state index in [2.05, 4.69) is 15.3 Å². The zero-order valence-electron chi connectivity index (χ0n) is 11.4. The van der Waals surface area contributed by atoms with Crippen molar-refractivity contribution in [1.29, 1.82) is 0 Å². The molecule has 22 heavy (non-hydrogen) atoms. The Kier molecular flexibility index (Phi) is 3.80. The Bertz CT molecular complexity index is 794. The number of benzene rings is 1. The van der Waals surface area contributed by atoms with Crippen LogP contribution in [0.2, 0.25) is 0 Å². The van der Waals surface area contributed by atoms with Crippen LogP contribution in [0.5, 0.6) is 0 Å². The van der Waals surface area contributed by atoms with Crippen molar-refractivity contribution in [1.82, 2.24) is 10.3 Å². The topological polar surface area (TPSA) is 100 Å². The molecule has 1 saturated heterocycles. The number of nitrogens with one attached hydrogen (secondary N) is 2. The number of nitrogens with two attached hydrogens (primary N) is 1. The molecular formula is C15H12N4O2S. The fourth-order valence-corrected chi connectivity index (χ4v) is 2.77. The third-order valence-electron chi connectivity index (χ3n) is 2.95. The van der Waals surface area contributed by atoms with Crippen molar-refractivity contribution in [3.8, 4) is 0 Å². The summed E-state index contributed by atoms with van der Waals surface area (Å²) in [6, 6.07) is 10.4. The zero-order valence-corrected chi connectivity index (χ0v) is 12.2. The number of primary amides is 1. The highest BCUT2D eigenvalue weighted by Gasteiger charge is 2.24. The first-order valence-corrected chi connectivity index (χ1v) is 7.27. The molecular weight excluding hydrogens is 300 g/mol. The van der Waals surface area contributed by atoms with Crippen LogP contribution in [0.15, 0.2) is 52.5 Å². The smallest absolute Gasteiger partial charge is 0.264 e. The Balaban J connectivity index is 1.89.